The Bertz CT molecular complexity index is 968. The normalized spacial score (nSPS) is 15.9. The van der Waals surface area contributed by atoms with Crippen molar-refractivity contribution in [3.05, 3.63) is 57.2 Å². The fraction of sp³-hybridized carbons (Fsp3) is 0.429. The summed E-state index contributed by atoms with van der Waals surface area (Å²) in [5.41, 5.74) is 1.29. The zero-order valence-electron chi connectivity index (χ0n) is 15.8. The molecular formula is C21H25N3O3S. The number of hydrogen-bond acceptors (Lipinski definition) is 5. The number of thiophene rings is 1. The number of benzene rings is 1. The third-order valence-electron chi connectivity index (χ3n) is 5.39. The SMILES string of the molecule is O=C(CCn1c(=O)oc2ccccc21)NCC1CCN(Cc2cccs2)CC1. The van der Waals surface area contributed by atoms with Gasteiger partial charge in [0.05, 0.1) is 5.52 Å². The predicted molar refractivity (Wildman–Crippen MR) is 110 cm³/mol. The Balaban J connectivity index is 1.20. The van der Waals surface area contributed by atoms with Gasteiger partial charge in [0.1, 0.15) is 0 Å². The number of likely N-dealkylation sites (tertiary alicyclic amines) is 1. The van der Waals surface area contributed by atoms with Gasteiger partial charge >= 0.3 is 5.76 Å². The highest BCUT2D eigenvalue weighted by Gasteiger charge is 2.20. The molecule has 0 saturated carbocycles. The zero-order valence-corrected chi connectivity index (χ0v) is 16.6. The Morgan fingerprint density at radius 1 is 1.18 bits per heavy atom. The number of para-hydroxylation sites is 2. The van der Waals surface area contributed by atoms with Crippen molar-refractivity contribution >= 4 is 28.3 Å². The van der Waals surface area contributed by atoms with Crippen molar-refractivity contribution < 1.29 is 9.21 Å². The Labute approximate surface area is 167 Å². The number of amides is 1. The minimum Gasteiger partial charge on any atom is -0.408 e. The summed E-state index contributed by atoms with van der Waals surface area (Å²) in [6.45, 7) is 4.24. The number of hydrogen-bond donors (Lipinski definition) is 1. The zero-order chi connectivity index (χ0) is 19.3. The highest BCUT2D eigenvalue weighted by atomic mass is 32.1. The number of carbonyl (C=O) groups excluding carboxylic acids is 1. The lowest BCUT2D eigenvalue weighted by Gasteiger charge is -2.31. The molecule has 0 spiro atoms. The fourth-order valence-electron chi connectivity index (χ4n) is 3.76. The highest BCUT2D eigenvalue weighted by Crippen LogP contribution is 2.20. The smallest absolute Gasteiger partial charge is 0.408 e. The van der Waals surface area contributed by atoms with Gasteiger partial charge < -0.3 is 9.73 Å². The molecule has 1 saturated heterocycles. The molecule has 1 fully saturated rings. The quantitative estimate of drug-likeness (QED) is 0.663. The minimum atomic E-state index is -0.410. The molecule has 0 atom stereocenters. The average molecular weight is 400 g/mol. The summed E-state index contributed by atoms with van der Waals surface area (Å²) in [6, 6.07) is 11.6. The van der Waals surface area contributed by atoms with Crippen LogP contribution < -0.4 is 11.1 Å². The van der Waals surface area contributed by atoms with Crippen LogP contribution in [0, 0.1) is 5.92 Å². The van der Waals surface area contributed by atoms with E-state index >= 15 is 0 Å². The van der Waals surface area contributed by atoms with Crippen molar-refractivity contribution in [2.75, 3.05) is 19.6 Å². The number of carbonyl (C=O) groups is 1. The summed E-state index contributed by atoms with van der Waals surface area (Å²) >= 11 is 1.81. The first-order valence-electron chi connectivity index (χ1n) is 9.79. The van der Waals surface area contributed by atoms with E-state index in [1.54, 1.807) is 6.07 Å². The van der Waals surface area contributed by atoms with E-state index < -0.39 is 5.76 Å². The molecule has 1 N–H and O–H groups in total. The highest BCUT2D eigenvalue weighted by molar-refractivity contribution is 7.09. The molecule has 28 heavy (non-hydrogen) atoms. The molecular weight excluding hydrogens is 374 g/mol. The van der Waals surface area contributed by atoms with Gasteiger partial charge in [-0.05, 0) is 55.4 Å². The van der Waals surface area contributed by atoms with Gasteiger partial charge in [0.25, 0.3) is 0 Å². The summed E-state index contributed by atoms with van der Waals surface area (Å²) < 4.78 is 6.73. The Morgan fingerprint density at radius 2 is 2.00 bits per heavy atom. The molecule has 1 amide bonds. The van der Waals surface area contributed by atoms with Crippen LogP contribution in [0.25, 0.3) is 11.1 Å². The van der Waals surface area contributed by atoms with Crippen molar-refractivity contribution in [1.29, 1.82) is 0 Å². The van der Waals surface area contributed by atoms with E-state index in [0.29, 0.717) is 24.6 Å². The van der Waals surface area contributed by atoms with Crippen molar-refractivity contribution in [1.82, 2.24) is 14.8 Å². The molecule has 0 radical (unpaired) electrons. The Kier molecular flexibility index (Phi) is 5.92. The van der Waals surface area contributed by atoms with Gasteiger partial charge in [-0.25, -0.2) is 4.79 Å². The van der Waals surface area contributed by atoms with Crippen LogP contribution in [-0.2, 0) is 17.9 Å². The van der Waals surface area contributed by atoms with Crippen LogP contribution in [0.1, 0.15) is 24.1 Å². The second-order valence-electron chi connectivity index (χ2n) is 7.34. The lowest BCUT2D eigenvalue weighted by Crippen LogP contribution is -2.38. The lowest BCUT2D eigenvalue weighted by atomic mass is 9.96. The molecule has 3 aromatic rings. The predicted octanol–water partition coefficient (Wildman–Crippen LogP) is 3.07. The van der Waals surface area contributed by atoms with Crippen molar-refractivity contribution in [3.8, 4) is 0 Å². The lowest BCUT2D eigenvalue weighted by molar-refractivity contribution is -0.121. The molecule has 0 unspecified atom stereocenters. The van der Waals surface area contributed by atoms with E-state index in [2.05, 4.69) is 27.7 Å². The molecule has 148 valence electrons. The maximum absolute atomic E-state index is 12.2. The maximum atomic E-state index is 12.2. The molecule has 2 aromatic heterocycles. The van der Waals surface area contributed by atoms with E-state index in [9.17, 15) is 9.59 Å². The van der Waals surface area contributed by atoms with Gasteiger partial charge in [-0.15, -0.1) is 11.3 Å². The number of piperidine rings is 1. The minimum absolute atomic E-state index is 0.0156. The summed E-state index contributed by atoms with van der Waals surface area (Å²) in [6.07, 6.45) is 2.50. The van der Waals surface area contributed by atoms with Crippen molar-refractivity contribution in [2.45, 2.75) is 32.4 Å². The summed E-state index contributed by atoms with van der Waals surface area (Å²) in [7, 11) is 0. The molecule has 0 aliphatic carbocycles. The van der Waals surface area contributed by atoms with E-state index in [4.69, 9.17) is 4.42 Å². The van der Waals surface area contributed by atoms with Gasteiger partial charge in [-0.3, -0.25) is 14.3 Å². The monoisotopic (exact) mass is 399 g/mol. The molecule has 1 aromatic carbocycles. The van der Waals surface area contributed by atoms with Gasteiger partial charge in [0, 0.05) is 30.9 Å². The average Bonchev–Trinajstić information content (AvgIpc) is 3.33. The van der Waals surface area contributed by atoms with Crippen LogP contribution in [0.15, 0.2) is 51.0 Å². The molecule has 6 nitrogen and oxygen atoms in total. The number of oxazole rings is 1. The number of nitrogens with zero attached hydrogens (tertiary/aromatic N) is 2. The maximum Gasteiger partial charge on any atom is 0.419 e. The van der Waals surface area contributed by atoms with E-state index in [-0.39, 0.29) is 12.3 Å². The van der Waals surface area contributed by atoms with Crippen LogP contribution in [-0.4, -0.2) is 35.0 Å². The van der Waals surface area contributed by atoms with Gasteiger partial charge in [-0.2, -0.15) is 0 Å². The Morgan fingerprint density at radius 3 is 2.79 bits per heavy atom. The summed E-state index contributed by atoms with van der Waals surface area (Å²) in [4.78, 5) is 28.1. The van der Waals surface area contributed by atoms with Crippen molar-refractivity contribution in [2.24, 2.45) is 5.92 Å². The van der Waals surface area contributed by atoms with Crippen LogP contribution in [0.5, 0.6) is 0 Å². The third-order valence-corrected chi connectivity index (χ3v) is 6.25. The standard InChI is InChI=1S/C21H25N3O3S/c25-20(9-12-24-18-5-1-2-6-19(18)27-21(24)26)22-14-16-7-10-23(11-8-16)15-17-4-3-13-28-17/h1-6,13,16H,7-12,14-15H2,(H,22,25). The molecule has 0 bridgehead atoms. The summed E-state index contributed by atoms with van der Waals surface area (Å²) in [5.74, 6) is 0.103. The van der Waals surface area contributed by atoms with Gasteiger partial charge in [-0.1, -0.05) is 18.2 Å². The molecule has 7 heteroatoms. The Hall–Kier alpha value is -2.38. The first-order valence-corrected chi connectivity index (χ1v) is 10.7. The van der Waals surface area contributed by atoms with E-state index in [1.807, 2.05) is 29.5 Å². The van der Waals surface area contributed by atoms with Crippen LogP contribution in [0.3, 0.4) is 0 Å². The van der Waals surface area contributed by atoms with Gasteiger partial charge in [0.2, 0.25) is 5.91 Å². The second kappa shape index (κ2) is 8.75. The molecule has 1 aliphatic heterocycles. The number of rotatable bonds is 7. The number of aryl methyl sites for hydroxylation is 1. The van der Waals surface area contributed by atoms with Crippen LogP contribution in [0.4, 0.5) is 0 Å². The first kappa shape index (κ1) is 19.0. The van der Waals surface area contributed by atoms with Crippen molar-refractivity contribution in [3.63, 3.8) is 0 Å². The largest absolute Gasteiger partial charge is 0.419 e. The van der Waals surface area contributed by atoms with Gasteiger partial charge in [0.15, 0.2) is 5.58 Å². The van der Waals surface area contributed by atoms with Crippen LogP contribution >= 0.6 is 11.3 Å². The molecule has 4 rings (SSSR count). The number of aromatic nitrogens is 1. The molecule has 1 aliphatic rings. The first-order chi connectivity index (χ1) is 13.7. The molecule has 3 heterocycles. The topological polar surface area (TPSA) is 67.5 Å². The fourth-order valence-corrected chi connectivity index (χ4v) is 4.50. The number of nitrogens with one attached hydrogen (secondary N) is 1. The van der Waals surface area contributed by atoms with Crippen LogP contribution in [0.2, 0.25) is 0 Å². The third kappa shape index (κ3) is 4.54. The van der Waals surface area contributed by atoms with E-state index in [0.717, 1.165) is 38.0 Å². The second-order valence-corrected chi connectivity index (χ2v) is 8.37. The summed E-state index contributed by atoms with van der Waals surface area (Å²) in [5, 5.41) is 5.16. The number of fused-ring (bicyclic) bond motifs is 1. The van der Waals surface area contributed by atoms with E-state index in [1.165, 1.54) is 9.44 Å².